The first-order valence-corrected chi connectivity index (χ1v) is 8.41. The fraction of sp³-hybridized carbons (Fsp3) is 0.412. The van der Waals surface area contributed by atoms with Gasteiger partial charge in [-0.15, -0.1) is 11.3 Å². The molecule has 0 bridgehead atoms. The lowest BCUT2D eigenvalue weighted by atomic mass is 10.1. The van der Waals surface area contributed by atoms with Crippen LogP contribution >= 0.6 is 11.3 Å². The molecule has 1 aliphatic heterocycles. The fourth-order valence-corrected chi connectivity index (χ4v) is 3.62. The van der Waals surface area contributed by atoms with Gasteiger partial charge in [-0.2, -0.15) is 0 Å². The summed E-state index contributed by atoms with van der Waals surface area (Å²) in [5.74, 6) is 0. The molecule has 2 heterocycles. The Bertz CT molecular complexity index is 749. The van der Waals surface area contributed by atoms with Crippen molar-refractivity contribution < 1.29 is 9.53 Å². The lowest BCUT2D eigenvalue weighted by Crippen LogP contribution is -2.37. The molecule has 1 unspecified atom stereocenters. The van der Waals surface area contributed by atoms with Gasteiger partial charge >= 0.3 is 6.09 Å². The fourth-order valence-electron chi connectivity index (χ4n) is 2.88. The molecular formula is C17H21N3O2S. The summed E-state index contributed by atoms with van der Waals surface area (Å²) in [6, 6.07) is 7.73. The molecule has 23 heavy (non-hydrogen) atoms. The van der Waals surface area contributed by atoms with Gasteiger partial charge in [0.1, 0.15) is 5.60 Å². The van der Waals surface area contributed by atoms with Gasteiger partial charge in [0.15, 0.2) is 5.13 Å². The van der Waals surface area contributed by atoms with E-state index in [1.807, 2.05) is 52.0 Å². The van der Waals surface area contributed by atoms with Gasteiger partial charge in [-0.3, -0.25) is 4.90 Å². The number of aromatic nitrogens is 1. The molecular weight excluding hydrogens is 310 g/mol. The molecule has 0 aliphatic carbocycles. The lowest BCUT2D eigenvalue weighted by Gasteiger charge is -2.28. The van der Waals surface area contributed by atoms with Crippen molar-refractivity contribution >= 4 is 28.2 Å². The monoisotopic (exact) mass is 331 g/mol. The largest absolute Gasteiger partial charge is 0.443 e. The summed E-state index contributed by atoms with van der Waals surface area (Å²) in [4.78, 5) is 20.0. The van der Waals surface area contributed by atoms with E-state index >= 15 is 0 Å². The van der Waals surface area contributed by atoms with Crippen LogP contribution in [0, 0.1) is 6.92 Å². The van der Waals surface area contributed by atoms with Gasteiger partial charge in [0.05, 0.1) is 17.4 Å². The molecule has 0 fully saturated rings. The first-order chi connectivity index (χ1) is 10.8. The predicted octanol–water partition coefficient (Wildman–Crippen LogP) is 4.07. The Balaban J connectivity index is 2.02. The highest BCUT2D eigenvalue weighted by Crippen LogP contribution is 2.42. The summed E-state index contributed by atoms with van der Waals surface area (Å²) in [7, 11) is 0. The molecule has 1 amide bonds. The second-order valence-corrected chi connectivity index (χ2v) is 7.93. The van der Waals surface area contributed by atoms with E-state index in [2.05, 4.69) is 4.98 Å². The number of para-hydroxylation sites is 1. The summed E-state index contributed by atoms with van der Waals surface area (Å²) >= 11 is 1.45. The smallest absolute Gasteiger partial charge is 0.415 e. The molecule has 122 valence electrons. The Morgan fingerprint density at radius 2 is 2.09 bits per heavy atom. The van der Waals surface area contributed by atoms with Gasteiger partial charge in [-0.05, 0) is 39.3 Å². The van der Waals surface area contributed by atoms with Crippen LogP contribution in [0.2, 0.25) is 0 Å². The van der Waals surface area contributed by atoms with E-state index in [9.17, 15) is 4.79 Å². The number of nitrogens with two attached hydrogens (primary N) is 1. The quantitative estimate of drug-likeness (QED) is 0.855. The van der Waals surface area contributed by atoms with Crippen molar-refractivity contribution in [3.8, 4) is 0 Å². The summed E-state index contributed by atoms with van der Waals surface area (Å²) in [6.45, 7) is 7.59. The van der Waals surface area contributed by atoms with Gasteiger partial charge in [-0.1, -0.05) is 18.2 Å². The Morgan fingerprint density at radius 1 is 1.39 bits per heavy atom. The van der Waals surface area contributed by atoms with Crippen molar-refractivity contribution in [3.05, 3.63) is 40.4 Å². The Hall–Kier alpha value is -2.08. The SMILES string of the molecule is Cc1sc(N)nc1C1Cc2ccccc2N1C(=O)OC(C)(C)C. The van der Waals surface area contributed by atoms with Crippen LogP contribution in [-0.4, -0.2) is 16.7 Å². The molecule has 0 radical (unpaired) electrons. The predicted molar refractivity (Wildman–Crippen MR) is 92.9 cm³/mol. The average Bonchev–Trinajstić information content (AvgIpc) is 2.96. The van der Waals surface area contributed by atoms with Gasteiger partial charge < -0.3 is 10.5 Å². The van der Waals surface area contributed by atoms with E-state index in [0.29, 0.717) is 5.13 Å². The maximum Gasteiger partial charge on any atom is 0.415 e. The summed E-state index contributed by atoms with van der Waals surface area (Å²) < 4.78 is 5.61. The highest BCUT2D eigenvalue weighted by Gasteiger charge is 2.39. The molecule has 1 aromatic heterocycles. The Labute approximate surface area is 140 Å². The molecule has 2 aromatic rings. The third kappa shape index (κ3) is 3.03. The van der Waals surface area contributed by atoms with Crippen LogP contribution in [0.3, 0.4) is 0 Å². The number of nitrogens with zero attached hydrogens (tertiary/aromatic N) is 2. The van der Waals surface area contributed by atoms with Gasteiger partial charge in [0, 0.05) is 11.3 Å². The van der Waals surface area contributed by atoms with E-state index in [0.717, 1.165) is 28.2 Å². The second-order valence-electron chi connectivity index (χ2n) is 6.69. The number of amides is 1. The summed E-state index contributed by atoms with van der Waals surface area (Å²) in [5.41, 5.74) is 8.16. The number of rotatable bonds is 1. The van der Waals surface area contributed by atoms with E-state index < -0.39 is 5.60 Å². The molecule has 1 aromatic carbocycles. The molecule has 6 heteroatoms. The number of carbonyl (C=O) groups is 1. The number of carbonyl (C=O) groups excluding carboxylic acids is 1. The summed E-state index contributed by atoms with van der Waals surface area (Å²) in [6.07, 6.45) is 0.373. The van der Waals surface area contributed by atoms with Crippen LogP contribution in [0.4, 0.5) is 15.6 Å². The minimum atomic E-state index is -0.546. The molecule has 1 aliphatic rings. The van der Waals surface area contributed by atoms with Crippen molar-refractivity contribution in [1.29, 1.82) is 0 Å². The number of nitrogen functional groups attached to an aromatic ring is 1. The number of ether oxygens (including phenoxy) is 1. The first kappa shape index (κ1) is 15.8. The van der Waals surface area contributed by atoms with E-state index in [1.54, 1.807) is 4.90 Å². The standard InChI is InChI=1S/C17H21N3O2S/c1-10-14(19-15(18)23-10)13-9-11-7-5-6-8-12(11)20(13)16(21)22-17(2,3)4/h5-8,13H,9H2,1-4H3,(H2,18,19). The minimum Gasteiger partial charge on any atom is -0.443 e. The van der Waals surface area contributed by atoms with Crippen LogP contribution in [0.15, 0.2) is 24.3 Å². The number of hydrogen-bond donors (Lipinski definition) is 1. The van der Waals surface area contributed by atoms with E-state index in [1.165, 1.54) is 11.3 Å². The maximum absolute atomic E-state index is 12.8. The van der Waals surface area contributed by atoms with Gasteiger partial charge in [-0.25, -0.2) is 9.78 Å². The van der Waals surface area contributed by atoms with Crippen LogP contribution in [0.1, 0.15) is 42.9 Å². The molecule has 0 saturated heterocycles. The number of anilines is 2. The average molecular weight is 331 g/mol. The van der Waals surface area contributed by atoms with Crippen LogP contribution in [0.25, 0.3) is 0 Å². The number of fused-ring (bicyclic) bond motifs is 1. The zero-order valence-electron chi connectivity index (χ0n) is 13.8. The van der Waals surface area contributed by atoms with Gasteiger partial charge in [0.2, 0.25) is 0 Å². The second kappa shape index (κ2) is 5.53. The normalized spacial score (nSPS) is 17.2. The maximum atomic E-state index is 12.8. The Morgan fingerprint density at radius 3 is 2.70 bits per heavy atom. The summed E-state index contributed by atoms with van der Waals surface area (Å²) in [5, 5.41) is 0.526. The zero-order chi connectivity index (χ0) is 16.8. The van der Waals surface area contributed by atoms with Crippen LogP contribution in [0.5, 0.6) is 0 Å². The number of benzene rings is 1. The van der Waals surface area contributed by atoms with Crippen molar-refractivity contribution in [1.82, 2.24) is 4.98 Å². The number of hydrogen-bond acceptors (Lipinski definition) is 5. The van der Waals surface area contributed by atoms with Gasteiger partial charge in [0.25, 0.3) is 0 Å². The first-order valence-electron chi connectivity index (χ1n) is 7.59. The molecule has 2 N–H and O–H groups in total. The molecule has 5 nitrogen and oxygen atoms in total. The van der Waals surface area contributed by atoms with Crippen molar-refractivity contribution in [2.24, 2.45) is 0 Å². The van der Waals surface area contributed by atoms with Crippen molar-refractivity contribution in [3.63, 3.8) is 0 Å². The third-order valence-corrected chi connectivity index (χ3v) is 4.55. The van der Waals surface area contributed by atoms with Crippen molar-refractivity contribution in [2.45, 2.75) is 45.8 Å². The Kier molecular flexibility index (Phi) is 3.80. The number of thiazole rings is 1. The molecule has 1 atom stereocenters. The minimum absolute atomic E-state index is 0.171. The van der Waals surface area contributed by atoms with Crippen molar-refractivity contribution in [2.75, 3.05) is 10.6 Å². The molecule has 0 saturated carbocycles. The van der Waals surface area contributed by atoms with Crippen LogP contribution in [-0.2, 0) is 11.2 Å². The van der Waals surface area contributed by atoms with Crippen LogP contribution < -0.4 is 10.6 Å². The number of aryl methyl sites for hydroxylation is 1. The van der Waals surface area contributed by atoms with E-state index in [-0.39, 0.29) is 12.1 Å². The highest BCUT2D eigenvalue weighted by molar-refractivity contribution is 7.15. The highest BCUT2D eigenvalue weighted by atomic mass is 32.1. The zero-order valence-corrected chi connectivity index (χ0v) is 14.6. The molecule has 3 rings (SSSR count). The van der Waals surface area contributed by atoms with E-state index in [4.69, 9.17) is 10.5 Å². The topological polar surface area (TPSA) is 68.5 Å². The molecule has 0 spiro atoms. The lowest BCUT2D eigenvalue weighted by molar-refractivity contribution is 0.0568. The third-order valence-electron chi connectivity index (χ3n) is 3.73.